The van der Waals surface area contributed by atoms with Crippen molar-refractivity contribution in [1.82, 2.24) is 4.98 Å². The molecule has 0 aliphatic heterocycles. The van der Waals surface area contributed by atoms with Gasteiger partial charge in [0.25, 0.3) is 0 Å². The van der Waals surface area contributed by atoms with Crippen molar-refractivity contribution in [3.8, 4) is 0 Å². The predicted molar refractivity (Wildman–Crippen MR) is 121 cm³/mol. The van der Waals surface area contributed by atoms with Crippen molar-refractivity contribution in [3.05, 3.63) is 78.5 Å². The van der Waals surface area contributed by atoms with Crippen LogP contribution in [-0.2, 0) is 11.2 Å². The Balaban J connectivity index is 1.51. The van der Waals surface area contributed by atoms with E-state index in [-0.39, 0.29) is 5.91 Å². The molecule has 2 N–H and O–H groups in total. The highest BCUT2D eigenvalue weighted by atomic mass is 16.1. The molecule has 150 valence electrons. The van der Waals surface area contributed by atoms with Crippen molar-refractivity contribution < 1.29 is 4.79 Å². The highest BCUT2D eigenvalue weighted by Crippen LogP contribution is 2.21. The second kappa shape index (κ2) is 10.3. The summed E-state index contributed by atoms with van der Waals surface area (Å²) in [7, 11) is 0. The quantitative estimate of drug-likeness (QED) is 0.526. The van der Waals surface area contributed by atoms with Gasteiger partial charge in [-0.15, -0.1) is 0 Å². The SMILES string of the molecule is CCN(CC)c1ccc(Nc2ccc(NC(=O)CCc3ccccc3)nc2)cc1. The third-order valence-corrected chi connectivity index (χ3v) is 4.80. The Morgan fingerprint density at radius 2 is 1.59 bits per heavy atom. The molecule has 5 nitrogen and oxygen atoms in total. The van der Waals surface area contributed by atoms with Crippen molar-refractivity contribution in [2.24, 2.45) is 0 Å². The molecule has 3 aromatic rings. The Kier molecular flexibility index (Phi) is 7.22. The summed E-state index contributed by atoms with van der Waals surface area (Å²) in [4.78, 5) is 18.8. The number of hydrogen-bond acceptors (Lipinski definition) is 4. The van der Waals surface area contributed by atoms with Crippen molar-refractivity contribution in [1.29, 1.82) is 0 Å². The molecule has 5 heteroatoms. The number of carbonyl (C=O) groups excluding carboxylic acids is 1. The minimum Gasteiger partial charge on any atom is -0.372 e. The molecule has 0 unspecified atom stereocenters. The number of carbonyl (C=O) groups is 1. The molecule has 0 atom stereocenters. The van der Waals surface area contributed by atoms with E-state index in [0.29, 0.717) is 12.2 Å². The van der Waals surface area contributed by atoms with Gasteiger partial charge in [-0.2, -0.15) is 0 Å². The number of amides is 1. The first-order valence-electron chi connectivity index (χ1n) is 10.1. The molecule has 0 fully saturated rings. The van der Waals surface area contributed by atoms with Gasteiger partial charge in [-0.25, -0.2) is 4.98 Å². The summed E-state index contributed by atoms with van der Waals surface area (Å²) in [6.07, 6.45) is 2.88. The van der Waals surface area contributed by atoms with E-state index in [2.05, 4.69) is 58.6 Å². The normalized spacial score (nSPS) is 10.4. The van der Waals surface area contributed by atoms with Crippen molar-refractivity contribution in [2.45, 2.75) is 26.7 Å². The summed E-state index contributed by atoms with van der Waals surface area (Å²) in [5.74, 6) is 0.527. The predicted octanol–water partition coefficient (Wildman–Crippen LogP) is 5.24. The van der Waals surface area contributed by atoms with Crippen LogP contribution in [0.1, 0.15) is 25.8 Å². The number of benzene rings is 2. The highest BCUT2D eigenvalue weighted by molar-refractivity contribution is 5.90. The van der Waals surface area contributed by atoms with Crippen LogP contribution in [0.15, 0.2) is 72.9 Å². The summed E-state index contributed by atoms with van der Waals surface area (Å²) in [5, 5.41) is 6.19. The third-order valence-electron chi connectivity index (χ3n) is 4.80. The van der Waals surface area contributed by atoms with E-state index in [1.165, 1.54) is 5.69 Å². The Morgan fingerprint density at radius 1 is 0.897 bits per heavy atom. The van der Waals surface area contributed by atoms with Gasteiger partial charge in [-0.3, -0.25) is 4.79 Å². The lowest BCUT2D eigenvalue weighted by Gasteiger charge is -2.21. The van der Waals surface area contributed by atoms with Gasteiger partial charge in [0, 0.05) is 30.9 Å². The van der Waals surface area contributed by atoms with Gasteiger partial charge < -0.3 is 15.5 Å². The van der Waals surface area contributed by atoms with Crippen LogP contribution in [0.3, 0.4) is 0 Å². The van der Waals surface area contributed by atoms with Crippen LogP contribution >= 0.6 is 0 Å². The van der Waals surface area contributed by atoms with E-state index in [9.17, 15) is 4.79 Å². The van der Waals surface area contributed by atoms with E-state index < -0.39 is 0 Å². The third kappa shape index (κ3) is 6.07. The maximum Gasteiger partial charge on any atom is 0.225 e. The van der Waals surface area contributed by atoms with E-state index in [1.807, 2.05) is 42.5 Å². The van der Waals surface area contributed by atoms with Gasteiger partial charge in [-0.1, -0.05) is 30.3 Å². The average molecular weight is 389 g/mol. The Labute approximate surface area is 172 Å². The number of aryl methyl sites for hydroxylation is 1. The highest BCUT2D eigenvalue weighted by Gasteiger charge is 2.05. The number of anilines is 4. The largest absolute Gasteiger partial charge is 0.372 e. The zero-order chi connectivity index (χ0) is 20.5. The summed E-state index contributed by atoms with van der Waals surface area (Å²) >= 11 is 0. The van der Waals surface area contributed by atoms with Gasteiger partial charge in [-0.05, 0) is 62.2 Å². The fourth-order valence-electron chi connectivity index (χ4n) is 3.16. The average Bonchev–Trinajstić information content (AvgIpc) is 2.76. The number of pyridine rings is 1. The number of rotatable bonds is 9. The van der Waals surface area contributed by atoms with E-state index >= 15 is 0 Å². The maximum absolute atomic E-state index is 12.1. The van der Waals surface area contributed by atoms with Crippen molar-refractivity contribution in [2.75, 3.05) is 28.6 Å². The van der Waals surface area contributed by atoms with Gasteiger partial charge in [0.15, 0.2) is 0 Å². The Hall–Kier alpha value is -3.34. The molecular formula is C24H28N4O. The number of hydrogen-bond donors (Lipinski definition) is 2. The fourth-order valence-corrected chi connectivity index (χ4v) is 3.16. The van der Waals surface area contributed by atoms with Crippen LogP contribution in [-0.4, -0.2) is 24.0 Å². The summed E-state index contributed by atoms with van der Waals surface area (Å²) in [6.45, 7) is 6.30. The maximum atomic E-state index is 12.1. The van der Waals surface area contributed by atoms with Crippen LogP contribution in [0, 0.1) is 0 Å². The van der Waals surface area contributed by atoms with E-state index in [4.69, 9.17) is 0 Å². The smallest absolute Gasteiger partial charge is 0.225 e. The van der Waals surface area contributed by atoms with Gasteiger partial charge in [0.2, 0.25) is 5.91 Å². The standard InChI is InChI=1S/C24H28N4O/c1-3-28(4-2)22-14-11-20(12-15-22)26-21-13-16-23(25-18-21)27-24(29)17-10-19-8-6-5-7-9-19/h5-9,11-16,18,26H,3-4,10,17H2,1-2H3,(H,25,27,29). The Morgan fingerprint density at radius 3 is 2.21 bits per heavy atom. The van der Waals surface area contributed by atoms with Gasteiger partial charge in [0.05, 0.1) is 11.9 Å². The first-order chi connectivity index (χ1) is 14.2. The first-order valence-corrected chi connectivity index (χ1v) is 10.1. The van der Waals surface area contributed by atoms with Crippen LogP contribution in [0.2, 0.25) is 0 Å². The topological polar surface area (TPSA) is 57.3 Å². The molecule has 1 aromatic heterocycles. The number of nitrogens with zero attached hydrogens (tertiary/aromatic N) is 2. The fraction of sp³-hybridized carbons (Fsp3) is 0.250. The minimum atomic E-state index is -0.0333. The zero-order valence-electron chi connectivity index (χ0n) is 17.1. The molecular weight excluding hydrogens is 360 g/mol. The zero-order valence-corrected chi connectivity index (χ0v) is 17.1. The van der Waals surface area contributed by atoms with Crippen LogP contribution in [0.25, 0.3) is 0 Å². The Bertz CT molecular complexity index is 888. The molecule has 0 saturated carbocycles. The molecule has 0 bridgehead atoms. The molecule has 0 saturated heterocycles. The molecule has 1 heterocycles. The first kappa shape index (κ1) is 20.4. The van der Waals surface area contributed by atoms with Gasteiger partial charge >= 0.3 is 0 Å². The molecule has 0 radical (unpaired) electrons. The molecule has 0 aliphatic carbocycles. The lowest BCUT2D eigenvalue weighted by atomic mass is 10.1. The monoisotopic (exact) mass is 388 g/mol. The van der Waals surface area contributed by atoms with E-state index in [1.54, 1.807) is 6.20 Å². The van der Waals surface area contributed by atoms with Gasteiger partial charge in [0.1, 0.15) is 5.82 Å². The van der Waals surface area contributed by atoms with Crippen molar-refractivity contribution >= 4 is 28.8 Å². The second-order valence-electron chi connectivity index (χ2n) is 6.81. The number of nitrogens with one attached hydrogen (secondary N) is 2. The van der Waals surface area contributed by atoms with Crippen LogP contribution in [0.4, 0.5) is 22.9 Å². The molecule has 3 rings (SSSR count). The number of aromatic nitrogens is 1. The summed E-state index contributed by atoms with van der Waals surface area (Å²) < 4.78 is 0. The van der Waals surface area contributed by atoms with E-state index in [0.717, 1.165) is 36.4 Å². The van der Waals surface area contributed by atoms with Crippen LogP contribution in [0.5, 0.6) is 0 Å². The molecule has 1 amide bonds. The summed E-state index contributed by atoms with van der Waals surface area (Å²) in [6, 6.07) is 22.1. The molecule has 0 aliphatic rings. The lowest BCUT2D eigenvalue weighted by Crippen LogP contribution is -2.21. The van der Waals surface area contributed by atoms with Crippen molar-refractivity contribution in [3.63, 3.8) is 0 Å². The summed E-state index contributed by atoms with van der Waals surface area (Å²) in [5.41, 5.74) is 4.25. The molecule has 29 heavy (non-hydrogen) atoms. The van der Waals surface area contributed by atoms with Crippen LogP contribution < -0.4 is 15.5 Å². The molecule has 0 spiro atoms. The minimum absolute atomic E-state index is 0.0333. The second-order valence-corrected chi connectivity index (χ2v) is 6.81. The molecule has 2 aromatic carbocycles. The lowest BCUT2D eigenvalue weighted by molar-refractivity contribution is -0.116.